The Balaban J connectivity index is 5.01. The number of primary amides is 1. The van der Waals surface area contributed by atoms with Gasteiger partial charge in [0.05, 0.1) is 6.04 Å². The number of hydrogen-bond acceptors (Lipinski definition) is 8. The second-order valence-corrected chi connectivity index (χ2v) is 6.84. The molecule has 176 valence electrons. The molecule has 0 bridgehead atoms. The number of nitrogens with one attached hydrogen (secondary N) is 3. The lowest BCUT2D eigenvalue weighted by atomic mass is 10.1. The lowest BCUT2D eigenvalue weighted by Gasteiger charge is -2.23. The van der Waals surface area contributed by atoms with E-state index in [1.54, 1.807) is 0 Å². The van der Waals surface area contributed by atoms with Crippen LogP contribution in [0, 0.1) is 0 Å². The van der Waals surface area contributed by atoms with Crippen molar-refractivity contribution in [1.82, 2.24) is 16.0 Å². The minimum Gasteiger partial charge on any atom is -0.480 e. The highest BCUT2D eigenvalue weighted by molar-refractivity contribution is 7.80. The third-order valence-corrected chi connectivity index (χ3v) is 4.21. The number of carbonyl (C=O) groups excluding carboxylic acids is 4. The second kappa shape index (κ2) is 14.8. The monoisotopic (exact) mass is 462 g/mol. The number of aliphatic carboxylic acids is 1. The predicted octanol–water partition coefficient (Wildman–Crippen LogP) is -4.27. The van der Waals surface area contributed by atoms with E-state index in [9.17, 15) is 24.0 Å². The van der Waals surface area contributed by atoms with E-state index in [0.717, 1.165) is 0 Å². The number of guanidine groups is 1. The summed E-state index contributed by atoms with van der Waals surface area (Å²) < 4.78 is 0. The van der Waals surface area contributed by atoms with Crippen molar-refractivity contribution >= 4 is 48.2 Å². The van der Waals surface area contributed by atoms with E-state index in [-0.39, 0.29) is 37.5 Å². The van der Waals surface area contributed by atoms with E-state index in [1.165, 1.54) is 0 Å². The minimum absolute atomic E-state index is 0.0904. The van der Waals surface area contributed by atoms with Crippen LogP contribution in [0.5, 0.6) is 0 Å². The standard InChI is InChI=1S/C16H30N8O6S/c17-8(2-1-5-21-16(19)20)13(28)23-9(3-4-11(18)25)15(30)24-10(7-31)14(29)22-6-12(26)27/h8-10,31H,1-7,17H2,(H2,18,25)(H,22,29)(H,23,28)(H,24,30)(H,26,27)(H4,19,20,21). The molecule has 0 fully saturated rings. The number of carbonyl (C=O) groups is 5. The molecular weight excluding hydrogens is 432 g/mol. The third-order valence-electron chi connectivity index (χ3n) is 3.85. The first-order valence-electron chi connectivity index (χ1n) is 9.28. The fraction of sp³-hybridized carbons (Fsp3) is 0.625. The van der Waals surface area contributed by atoms with Crippen molar-refractivity contribution < 1.29 is 29.1 Å². The van der Waals surface area contributed by atoms with Gasteiger partial charge in [0.25, 0.3) is 0 Å². The van der Waals surface area contributed by atoms with Gasteiger partial charge >= 0.3 is 5.97 Å². The van der Waals surface area contributed by atoms with Crippen molar-refractivity contribution in [3.05, 3.63) is 0 Å². The summed E-state index contributed by atoms with van der Waals surface area (Å²) in [4.78, 5) is 62.3. The van der Waals surface area contributed by atoms with Crippen LogP contribution in [-0.4, -0.2) is 77.6 Å². The summed E-state index contributed by atoms with van der Waals surface area (Å²) in [5.41, 5.74) is 21.3. The molecule has 3 atom stereocenters. The number of hydrogen-bond donors (Lipinski definition) is 9. The number of aliphatic imine (C=N–C) groups is 1. The molecule has 12 N–H and O–H groups in total. The molecule has 14 nitrogen and oxygen atoms in total. The Kier molecular flexibility index (Phi) is 13.4. The first-order valence-corrected chi connectivity index (χ1v) is 9.91. The van der Waals surface area contributed by atoms with Gasteiger partial charge in [0, 0.05) is 18.7 Å². The molecule has 4 amide bonds. The minimum atomic E-state index is -1.27. The molecule has 0 heterocycles. The van der Waals surface area contributed by atoms with Gasteiger partial charge < -0.3 is 44.0 Å². The van der Waals surface area contributed by atoms with Crippen LogP contribution in [0.25, 0.3) is 0 Å². The maximum absolute atomic E-state index is 12.6. The van der Waals surface area contributed by atoms with E-state index < -0.39 is 54.3 Å². The zero-order valence-electron chi connectivity index (χ0n) is 16.9. The average Bonchev–Trinajstić information content (AvgIpc) is 2.69. The first-order chi connectivity index (χ1) is 14.5. The molecule has 15 heteroatoms. The van der Waals surface area contributed by atoms with Crippen LogP contribution in [-0.2, 0) is 24.0 Å². The van der Waals surface area contributed by atoms with Crippen LogP contribution < -0.4 is 38.9 Å². The van der Waals surface area contributed by atoms with Gasteiger partial charge in [-0.1, -0.05) is 0 Å². The summed E-state index contributed by atoms with van der Waals surface area (Å²) in [6.07, 6.45) is 0.290. The van der Waals surface area contributed by atoms with Crippen molar-refractivity contribution in [1.29, 1.82) is 0 Å². The summed E-state index contributed by atoms with van der Waals surface area (Å²) in [5, 5.41) is 15.5. The van der Waals surface area contributed by atoms with Crippen LogP contribution in [0.1, 0.15) is 25.7 Å². The lowest BCUT2D eigenvalue weighted by Crippen LogP contribution is -2.56. The van der Waals surface area contributed by atoms with Crippen LogP contribution in [0.3, 0.4) is 0 Å². The Morgan fingerprint density at radius 2 is 1.55 bits per heavy atom. The molecule has 0 saturated heterocycles. The largest absolute Gasteiger partial charge is 0.480 e. The molecular formula is C16H30N8O6S. The molecule has 0 saturated carbocycles. The number of carboxylic acids is 1. The van der Waals surface area contributed by atoms with Gasteiger partial charge in [-0.05, 0) is 19.3 Å². The van der Waals surface area contributed by atoms with Crippen LogP contribution in [0.15, 0.2) is 4.99 Å². The summed E-state index contributed by atoms with van der Waals surface area (Å²) in [5.74, 6) is -4.41. The van der Waals surface area contributed by atoms with E-state index >= 15 is 0 Å². The molecule has 0 aliphatic heterocycles. The van der Waals surface area contributed by atoms with E-state index in [2.05, 4.69) is 33.6 Å². The number of amides is 4. The summed E-state index contributed by atoms with van der Waals surface area (Å²) in [7, 11) is 0. The van der Waals surface area contributed by atoms with Crippen LogP contribution in [0.4, 0.5) is 0 Å². The molecule has 0 rings (SSSR count). The Morgan fingerprint density at radius 3 is 2.06 bits per heavy atom. The van der Waals surface area contributed by atoms with Gasteiger partial charge in [0.15, 0.2) is 5.96 Å². The molecule has 0 spiro atoms. The molecule has 3 unspecified atom stereocenters. The van der Waals surface area contributed by atoms with Gasteiger partial charge in [-0.25, -0.2) is 0 Å². The third kappa shape index (κ3) is 13.0. The fourth-order valence-corrected chi connectivity index (χ4v) is 2.49. The SMILES string of the molecule is NC(=O)CCC(NC(=O)C(N)CCCN=C(N)N)C(=O)NC(CS)C(=O)NCC(=O)O. The normalized spacial score (nSPS) is 13.2. The van der Waals surface area contributed by atoms with E-state index in [4.69, 9.17) is 28.0 Å². The zero-order chi connectivity index (χ0) is 24.0. The van der Waals surface area contributed by atoms with Crippen molar-refractivity contribution in [2.75, 3.05) is 18.8 Å². The lowest BCUT2D eigenvalue weighted by molar-refractivity contribution is -0.138. The molecule has 0 aromatic rings. The number of nitrogens with two attached hydrogens (primary N) is 4. The molecule has 0 aliphatic rings. The van der Waals surface area contributed by atoms with E-state index in [1.807, 2.05) is 0 Å². The zero-order valence-corrected chi connectivity index (χ0v) is 17.8. The first kappa shape index (κ1) is 27.9. The molecule has 0 aliphatic carbocycles. The number of nitrogens with zero attached hydrogens (tertiary/aromatic N) is 1. The van der Waals surface area contributed by atoms with Gasteiger partial charge in [0.1, 0.15) is 18.6 Å². The average molecular weight is 463 g/mol. The fourth-order valence-electron chi connectivity index (χ4n) is 2.24. The highest BCUT2D eigenvalue weighted by atomic mass is 32.1. The number of rotatable bonds is 15. The maximum atomic E-state index is 12.6. The predicted molar refractivity (Wildman–Crippen MR) is 115 cm³/mol. The Hall–Kier alpha value is -3.07. The van der Waals surface area contributed by atoms with Crippen LogP contribution >= 0.6 is 12.6 Å². The van der Waals surface area contributed by atoms with Gasteiger partial charge in [-0.3, -0.25) is 29.0 Å². The molecule has 0 aromatic heterocycles. The van der Waals surface area contributed by atoms with Crippen molar-refractivity contribution in [2.24, 2.45) is 27.9 Å². The highest BCUT2D eigenvalue weighted by Gasteiger charge is 2.27. The maximum Gasteiger partial charge on any atom is 0.322 e. The van der Waals surface area contributed by atoms with Gasteiger partial charge in [-0.15, -0.1) is 0 Å². The van der Waals surface area contributed by atoms with Crippen molar-refractivity contribution in [2.45, 2.75) is 43.8 Å². The topological polar surface area (TPSA) is 258 Å². The number of carboxylic acid groups (broad SMARTS) is 1. The smallest absolute Gasteiger partial charge is 0.322 e. The van der Waals surface area contributed by atoms with E-state index in [0.29, 0.717) is 6.42 Å². The summed E-state index contributed by atoms with van der Waals surface area (Å²) >= 11 is 3.96. The van der Waals surface area contributed by atoms with Crippen molar-refractivity contribution in [3.63, 3.8) is 0 Å². The van der Waals surface area contributed by atoms with Gasteiger partial charge in [-0.2, -0.15) is 12.6 Å². The molecule has 31 heavy (non-hydrogen) atoms. The molecule has 0 radical (unpaired) electrons. The molecule has 0 aromatic carbocycles. The van der Waals surface area contributed by atoms with Crippen LogP contribution in [0.2, 0.25) is 0 Å². The Bertz CT molecular complexity index is 685. The van der Waals surface area contributed by atoms with Crippen molar-refractivity contribution in [3.8, 4) is 0 Å². The number of thiol groups is 1. The Labute approximate surface area is 184 Å². The quantitative estimate of drug-likeness (QED) is 0.0493. The highest BCUT2D eigenvalue weighted by Crippen LogP contribution is 2.02. The van der Waals surface area contributed by atoms with Gasteiger partial charge in [0.2, 0.25) is 23.6 Å². The summed E-state index contributed by atoms with van der Waals surface area (Å²) in [6.45, 7) is -0.375. The Morgan fingerprint density at radius 1 is 0.935 bits per heavy atom. The second-order valence-electron chi connectivity index (χ2n) is 6.48. The summed E-state index contributed by atoms with van der Waals surface area (Å²) in [6, 6.07) is -3.35.